The predicted octanol–water partition coefficient (Wildman–Crippen LogP) is 2.29. The lowest BCUT2D eigenvalue weighted by molar-refractivity contribution is -0.161. The monoisotopic (exact) mass is 363 g/mol. The minimum absolute atomic E-state index is 0.0696. The Labute approximate surface area is 151 Å². The van der Waals surface area contributed by atoms with Gasteiger partial charge >= 0.3 is 6.03 Å². The van der Waals surface area contributed by atoms with Crippen molar-refractivity contribution in [3.05, 3.63) is 21.9 Å². The van der Waals surface area contributed by atoms with Gasteiger partial charge in [-0.05, 0) is 49.7 Å². The van der Waals surface area contributed by atoms with Crippen LogP contribution in [0, 0.1) is 11.8 Å². The number of urea groups is 1. The summed E-state index contributed by atoms with van der Waals surface area (Å²) in [6, 6.07) is 4.19. The van der Waals surface area contributed by atoms with Crippen LogP contribution < -0.4 is 11.1 Å². The number of hydrogen-bond donors (Lipinski definition) is 2. The number of carbonyl (C=O) groups is 2. The molecule has 3 amide bonds. The smallest absolute Gasteiger partial charge is 0.317 e. The highest BCUT2D eigenvalue weighted by molar-refractivity contribution is 7.14. The number of amides is 3. The molecular weight excluding hydrogens is 338 g/mol. The van der Waals surface area contributed by atoms with Gasteiger partial charge in [-0.3, -0.25) is 4.79 Å². The first-order valence-corrected chi connectivity index (χ1v) is 9.87. The second-order valence-electron chi connectivity index (χ2n) is 7.40. The Bertz CT molecular complexity index is 675. The summed E-state index contributed by atoms with van der Waals surface area (Å²) in [5.41, 5.74) is 5.11. The molecule has 2 heterocycles. The van der Waals surface area contributed by atoms with Crippen LogP contribution in [0.15, 0.2) is 12.1 Å². The summed E-state index contributed by atoms with van der Waals surface area (Å²) in [5.74, 6) is 0.348. The number of primary amides is 1. The highest BCUT2D eigenvalue weighted by atomic mass is 32.1. The first-order chi connectivity index (χ1) is 12.1. The van der Waals surface area contributed by atoms with Gasteiger partial charge in [-0.15, -0.1) is 11.3 Å². The van der Waals surface area contributed by atoms with Crippen molar-refractivity contribution >= 4 is 23.3 Å². The molecule has 2 saturated carbocycles. The van der Waals surface area contributed by atoms with E-state index in [0.717, 1.165) is 43.6 Å². The number of nitrogens with two attached hydrogens (primary N) is 1. The van der Waals surface area contributed by atoms with Crippen molar-refractivity contribution in [2.75, 3.05) is 20.2 Å². The SMILES string of the molecule is COC1(c2ccc(C(N)=O)s2)C2CCCC1CC(N1CCNC1=O)C2. The third-order valence-electron chi connectivity index (χ3n) is 6.33. The number of hydrogen-bond acceptors (Lipinski definition) is 4. The fraction of sp³-hybridized carbons (Fsp3) is 0.667. The van der Waals surface area contributed by atoms with Gasteiger partial charge in [0.1, 0.15) is 5.60 Å². The van der Waals surface area contributed by atoms with Crippen molar-refractivity contribution in [1.82, 2.24) is 10.2 Å². The van der Waals surface area contributed by atoms with Crippen LogP contribution in [0.5, 0.6) is 0 Å². The summed E-state index contributed by atoms with van der Waals surface area (Å²) in [7, 11) is 1.79. The molecule has 7 heteroatoms. The zero-order valence-corrected chi connectivity index (χ0v) is 15.3. The Morgan fingerprint density at radius 3 is 2.60 bits per heavy atom. The van der Waals surface area contributed by atoms with Gasteiger partial charge in [0.05, 0.1) is 4.88 Å². The Balaban J connectivity index is 1.66. The average molecular weight is 363 g/mol. The van der Waals surface area contributed by atoms with Crippen molar-refractivity contribution in [2.24, 2.45) is 17.6 Å². The van der Waals surface area contributed by atoms with Gasteiger partial charge in [0.25, 0.3) is 5.91 Å². The lowest BCUT2D eigenvalue weighted by Crippen LogP contribution is -2.56. The highest BCUT2D eigenvalue weighted by Crippen LogP contribution is 2.57. The van der Waals surface area contributed by atoms with E-state index in [1.165, 1.54) is 17.8 Å². The van der Waals surface area contributed by atoms with Gasteiger partial charge in [0.2, 0.25) is 0 Å². The minimum atomic E-state index is -0.380. The molecule has 136 valence electrons. The van der Waals surface area contributed by atoms with Crippen LogP contribution in [0.3, 0.4) is 0 Å². The summed E-state index contributed by atoms with van der Waals surface area (Å²) < 4.78 is 6.20. The third-order valence-corrected chi connectivity index (χ3v) is 7.57. The Hall–Kier alpha value is -1.60. The van der Waals surface area contributed by atoms with Crippen molar-refractivity contribution < 1.29 is 14.3 Å². The van der Waals surface area contributed by atoms with Crippen LogP contribution >= 0.6 is 11.3 Å². The van der Waals surface area contributed by atoms with E-state index in [2.05, 4.69) is 5.32 Å². The lowest BCUT2D eigenvalue weighted by Gasteiger charge is -2.54. The van der Waals surface area contributed by atoms with Crippen LogP contribution in [0.4, 0.5) is 4.79 Å². The van der Waals surface area contributed by atoms with Gasteiger partial charge < -0.3 is 20.7 Å². The second kappa shape index (κ2) is 6.29. The van der Waals surface area contributed by atoms with Crippen molar-refractivity contribution in [3.8, 4) is 0 Å². The summed E-state index contributed by atoms with van der Waals surface area (Å²) >= 11 is 1.47. The highest BCUT2D eigenvalue weighted by Gasteiger charge is 2.55. The van der Waals surface area contributed by atoms with Crippen LogP contribution in [0.2, 0.25) is 0 Å². The number of carbonyl (C=O) groups excluding carboxylic acids is 2. The molecule has 3 fully saturated rings. The van der Waals surface area contributed by atoms with E-state index >= 15 is 0 Å². The molecule has 0 radical (unpaired) electrons. The van der Waals surface area contributed by atoms with Crippen LogP contribution in [-0.2, 0) is 10.3 Å². The van der Waals surface area contributed by atoms with Crippen LogP contribution in [0.25, 0.3) is 0 Å². The maximum atomic E-state index is 12.1. The van der Waals surface area contributed by atoms with E-state index in [1.807, 2.05) is 17.0 Å². The Morgan fingerprint density at radius 2 is 2.08 bits per heavy atom. The summed E-state index contributed by atoms with van der Waals surface area (Å²) in [6.07, 6.45) is 5.32. The summed E-state index contributed by atoms with van der Waals surface area (Å²) in [6.45, 7) is 1.54. The average Bonchev–Trinajstić information content (AvgIpc) is 3.22. The predicted molar refractivity (Wildman–Crippen MR) is 95.5 cm³/mol. The molecule has 3 aliphatic rings. The molecule has 4 rings (SSSR count). The van der Waals surface area contributed by atoms with E-state index in [0.29, 0.717) is 16.7 Å². The first-order valence-electron chi connectivity index (χ1n) is 9.06. The largest absolute Gasteiger partial charge is 0.372 e. The Morgan fingerprint density at radius 1 is 1.36 bits per heavy atom. The number of thiophene rings is 1. The first kappa shape index (κ1) is 16.8. The fourth-order valence-electron chi connectivity index (χ4n) is 5.32. The van der Waals surface area contributed by atoms with E-state index in [4.69, 9.17) is 10.5 Å². The van der Waals surface area contributed by atoms with Crippen LogP contribution in [0.1, 0.15) is 46.7 Å². The molecule has 25 heavy (non-hydrogen) atoms. The molecule has 0 aromatic carbocycles. The van der Waals surface area contributed by atoms with E-state index in [1.54, 1.807) is 7.11 Å². The quantitative estimate of drug-likeness (QED) is 0.861. The summed E-state index contributed by atoms with van der Waals surface area (Å²) in [5, 5.41) is 2.92. The molecule has 1 aromatic heterocycles. The number of ether oxygens (including phenoxy) is 1. The fourth-order valence-corrected chi connectivity index (χ4v) is 6.50. The van der Waals surface area contributed by atoms with Crippen molar-refractivity contribution in [1.29, 1.82) is 0 Å². The third kappa shape index (κ3) is 2.56. The molecule has 2 aliphatic carbocycles. The second-order valence-corrected chi connectivity index (χ2v) is 8.48. The minimum Gasteiger partial charge on any atom is -0.372 e. The normalized spacial score (nSPS) is 34.8. The van der Waals surface area contributed by atoms with Gasteiger partial charge in [-0.25, -0.2) is 4.79 Å². The number of nitrogens with one attached hydrogen (secondary N) is 1. The molecular formula is C18H25N3O3S. The maximum absolute atomic E-state index is 12.1. The molecule has 2 atom stereocenters. The molecule has 0 spiro atoms. The molecule has 1 aliphatic heterocycles. The topological polar surface area (TPSA) is 84.7 Å². The summed E-state index contributed by atoms with van der Waals surface area (Å²) in [4.78, 5) is 27.4. The maximum Gasteiger partial charge on any atom is 0.317 e. The van der Waals surface area contributed by atoms with Gasteiger partial charge in [-0.1, -0.05) is 6.42 Å². The number of nitrogens with zero attached hydrogens (tertiary/aromatic N) is 1. The number of methoxy groups -OCH3 is 1. The van der Waals surface area contributed by atoms with Gasteiger partial charge in [0.15, 0.2) is 0 Å². The zero-order valence-electron chi connectivity index (χ0n) is 14.5. The molecule has 2 unspecified atom stereocenters. The van der Waals surface area contributed by atoms with Crippen molar-refractivity contribution in [2.45, 2.75) is 43.7 Å². The van der Waals surface area contributed by atoms with E-state index in [9.17, 15) is 9.59 Å². The molecule has 2 bridgehead atoms. The molecule has 1 aromatic rings. The van der Waals surface area contributed by atoms with Crippen molar-refractivity contribution in [3.63, 3.8) is 0 Å². The van der Waals surface area contributed by atoms with E-state index < -0.39 is 0 Å². The molecule has 1 saturated heterocycles. The molecule has 6 nitrogen and oxygen atoms in total. The Kier molecular flexibility index (Phi) is 4.24. The number of fused-ring (bicyclic) bond motifs is 2. The van der Waals surface area contributed by atoms with Gasteiger partial charge in [0, 0.05) is 31.1 Å². The molecule has 3 N–H and O–H groups in total. The van der Waals surface area contributed by atoms with Gasteiger partial charge in [-0.2, -0.15) is 0 Å². The van der Waals surface area contributed by atoms with Crippen LogP contribution in [-0.4, -0.2) is 43.1 Å². The lowest BCUT2D eigenvalue weighted by atomic mass is 9.59. The number of rotatable bonds is 4. The zero-order chi connectivity index (χ0) is 17.6. The van der Waals surface area contributed by atoms with E-state index in [-0.39, 0.29) is 23.6 Å². The standard InChI is InChI=1S/C18H25N3O3S/c1-24-18(15-6-5-14(25-15)16(19)22)11-3-2-4-12(18)10-13(9-11)21-8-7-20-17(21)23/h5-6,11-13H,2-4,7-10H2,1H3,(H2,19,22)(H,20,23).